The van der Waals surface area contributed by atoms with Crippen LogP contribution in [-0.4, -0.2) is 9.78 Å². The Morgan fingerprint density at radius 1 is 1.25 bits per heavy atom. The second-order valence-corrected chi connectivity index (χ2v) is 3.74. The minimum atomic E-state index is 0.828. The molecule has 1 aromatic heterocycles. The van der Waals surface area contributed by atoms with Crippen molar-refractivity contribution < 1.29 is 0 Å². The van der Waals surface area contributed by atoms with Crippen molar-refractivity contribution >= 4 is 6.08 Å². The molecule has 16 heavy (non-hydrogen) atoms. The third-order valence-corrected chi connectivity index (χ3v) is 2.50. The van der Waals surface area contributed by atoms with Crippen LogP contribution in [0.5, 0.6) is 0 Å². The summed E-state index contributed by atoms with van der Waals surface area (Å²) < 4.78 is 1.96. The highest BCUT2D eigenvalue weighted by Gasteiger charge is 1.93. The van der Waals surface area contributed by atoms with Gasteiger partial charge in [0.25, 0.3) is 0 Å². The minimum absolute atomic E-state index is 0.828. The molecule has 0 fully saturated rings. The fourth-order valence-corrected chi connectivity index (χ4v) is 1.55. The first-order valence-corrected chi connectivity index (χ1v) is 5.61. The first-order chi connectivity index (χ1) is 7.88. The van der Waals surface area contributed by atoms with Crippen LogP contribution >= 0.6 is 0 Å². The number of nitrogens with zero attached hydrogens (tertiary/aromatic N) is 2. The molecule has 0 spiro atoms. The first-order valence-electron chi connectivity index (χ1n) is 5.61. The quantitative estimate of drug-likeness (QED) is 0.761. The number of rotatable bonds is 4. The van der Waals surface area contributed by atoms with Gasteiger partial charge in [0.05, 0.1) is 12.7 Å². The van der Waals surface area contributed by atoms with Gasteiger partial charge in [-0.15, -0.1) is 0 Å². The molecule has 0 radical (unpaired) electrons. The van der Waals surface area contributed by atoms with E-state index in [1.807, 2.05) is 29.1 Å². The van der Waals surface area contributed by atoms with Gasteiger partial charge in [0, 0.05) is 6.20 Å². The molecule has 0 N–H and O–H groups in total. The van der Waals surface area contributed by atoms with Gasteiger partial charge in [-0.3, -0.25) is 4.68 Å². The van der Waals surface area contributed by atoms with Crippen molar-refractivity contribution in [2.24, 2.45) is 0 Å². The monoisotopic (exact) mass is 212 g/mol. The van der Waals surface area contributed by atoms with Crippen LogP contribution in [0.15, 0.2) is 48.8 Å². The zero-order valence-electron chi connectivity index (χ0n) is 9.50. The highest BCUT2D eigenvalue weighted by atomic mass is 15.3. The van der Waals surface area contributed by atoms with Crippen LogP contribution < -0.4 is 0 Å². The summed E-state index contributed by atoms with van der Waals surface area (Å²) in [5.74, 6) is 0. The highest BCUT2D eigenvalue weighted by Crippen LogP contribution is 2.02. The van der Waals surface area contributed by atoms with Crippen LogP contribution in [-0.2, 0) is 13.0 Å². The maximum atomic E-state index is 4.28. The molecule has 2 heteroatoms. The molecule has 82 valence electrons. The van der Waals surface area contributed by atoms with Crippen molar-refractivity contribution in [1.82, 2.24) is 9.78 Å². The van der Waals surface area contributed by atoms with E-state index in [1.54, 1.807) is 0 Å². The van der Waals surface area contributed by atoms with Crippen LogP contribution in [0, 0.1) is 0 Å². The second-order valence-electron chi connectivity index (χ2n) is 3.74. The largest absolute Gasteiger partial charge is 0.269 e. The van der Waals surface area contributed by atoms with E-state index in [9.17, 15) is 0 Å². The summed E-state index contributed by atoms with van der Waals surface area (Å²) in [7, 11) is 0. The SMILES string of the molecule is CCc1cnn(C/C=C/c2ccccc2)c1. The Morgan fingerprint density at radius 2 is 2.06 bits per heavy atom. The number of hydrogen-bond donors (Lipinski definition) is 0. The maximum absolute atomic E-state index is 4.28. The number of allylic oxidation sites excluding steroid dienone is 1. The lowest BCUT2D eigenvalue weighted by atomic mass is 10.2. The van der Waals surface area contributed by atoms with E-state index in [0.717, 1.165) is 13.0 Å². The molecule has 0 atom stereocenters. The van der Waals surface area contributed by atoms with Crippen LogP contribution in [0.25, 0.3) is 6.08 Å². The zero-order valence-corrected chi connectivity index (χ0v) is 9.50. The van der Waals surface area contributed by atoms with Gasteiger partial charge in [-0.2, -0.15) is 5.10 Å². The van der Waals surface area contributed by atoms with Crippen LogP contribution in [0.4, 0.5) is 0 Å². The lowest BCUT2D eigenvalue weighted by Crippen LogP contribution is -1.94. The standard InChI is InChI=1S/C14H16N2/c1-2-13-11-15-16(12-13)10-6-9-14-7-4-3-5-8-14/h3-9,11-12H,2,10H2,1H3/b9-6+. The third-order valence-electron chi connectivity index (χ3n) is 2.50. The van der Waals surface area contributed by atoms with Gasteiger partial charge in [-0.1, -0.05) is 49.4 Å². The van der Waals surface area contributed by atoms with Crippen LogP contribution in [0.1, 0.15) is 18.1 Å². The Labute approximate surface area is 96.2 Å². The van der Waals surface area contributed by atoms with Gasteiger partial charge in [-0.05, 0) is 17.5 Å². The fraction of sp³-hybridized carbons (Fsp3) is 0.214. The number of aryl methyl sites for hydroxylation is 1. The molecule has 2 nitrogen and oxygen atoms in total. The molecule has 0 bridgehead atoms. The molecule has 1 heterocycles. The Balaban J connectivity index is 1.94. The van der Waals surface area contributed by atoms with E-state index in [-0.39, 0.29) is 0 Å². The van der Waals surface area contributed by atoms with E-state index in [0.29, 0.717) is 0 Å². The molecule has 2 aromatic rings. The molecule has 0 saturated heterocycles. The van der Waals surface area contributed by atoms with Crippen molar-refractivity contribution in [3.63, 3.8) is 0 Å². The van der Waals surface area contributed by atoms with Gasteiger partial charge < -0.3 is 0 Å². The zero-order chi connectivity index (χ0) is 11.2. The Kier molecular flexibility index (Phi) is 3.54. The molecule has 0 saturated carbocycles. The van der Waals surface area contributed by atoms with Crippen molar-refractivity contribution in [3.05, 3.63) is 59.9 Å². The number of benzene rings is 1. The summed E-state index contributed by atoms with van der Waals surface area (Å²) in [4.78, 5) is 0. The van der Waals surface area contributed by atoms with Gasteiger partial charge in [0.2, 0.25) is 0 Å². The molecular formula is C14H16N2. The summed E-state index contributed by atoms with van der Waals surface area (Å²) in [6, 6.07) is 10.3. The van der Waals surface area contributed by atoms with E-state index < -0.39 is 0 Å². The molecule has 0 aliphatic rings. The summed E-state index contributed by atoms with van der Waals surface area (Å²) in [5, 5.41) is 4.28. The average molecular weight is 212 g/mol. The molecule has 1 aromatic carbocycles. The molecule has 0 unspecified atom stereocenters. The smallest absolute Gasteiger partial charge is 0.0593 e. The highest BCUT2D eigenvalue weighted by molar-refractivity contribution is 5.48. The second kappa shape index (κ2) is 5.31. The van der Waals surface area contributed by atoms with Gasteiger partial charge >= 0.3 is 0 Å². The van der Waals surface area contributed by atoms with Crippen molar-refractivity contribution in [2.45, 2.75) is 19.9 Å². The van der Waals surface area contributed by atoms with Crippen molar-refractivity contribution in [1.29, 1.82) is 0 Å². The molecule has 0 amide bonds. The Morgan fingerprint density at radius 3 is 2.75 bits per heavy atom. The van der Waals surface area contributed by atoms with E-state index in [2.05, 4.69) is 42.5 Å². The maximum Gasteiger partial charge on any atom is 0.0593 e. The molecule has 0 aliphatic carbocycles. The molecule has 0 aliphatic heterocycles. The molecular weight excluding hydrogens is 196 g/mol. The summed E-state index contributed by atoms with van der Waals surface area (Å²) in [5.41, 5.74) is 2.51. The first kappa shape index (κ1) is 10.7. The minimum Gasteiger partial charge on any atom is -0.269 e. The lowest BCUT2D eigenvalue weighted by molar-refractivity contribution is 0.703. The third kappa shape index (κ3) is 2.83. The van der Waals surface area contributed by atoms with Crippen LogP contribution in [0.2, 0.25) is 0 Å². The number of hydrogen-bond acceptors (Lipinski definition) is 1. The average Bonchev–Trinajstić information content (AvgIpc) is 2.78. The van der Waals surface area contributed by atoms with Crippen molar-refractivity contribution in [3.8, 4) is 0 Å². The van der Waals surface area contributed by atoms with E-state index in [4.69, 9.17) is 0 Å². The summed E-state index contributed by atoms with van der Waals surface area (Å²) >= 11 is 0. The Hall–Kier alpha value is -1.83. The van der Waals surface area contributed by atoms with Crippen molar-refractivity contribution in [2.75, 3.05) is 0 Å². The predicted molar refractivity (Wildman–Crippen MR) is 67.1 cm³/mol. The Bertz CT molecular complexity index is 455. The number of aromatic nitrogens is 2. The molecule has 2 rings (SSSR count). The topological polar surface area (TPSA) is 17.8 Å². The fourth-order valence-electron chi connectivity index (χ4n) is 1.55. The van der Waals surface area contributed by atoms with E-state index >= 15 is 0 Å². The lowest BCUT2D eigenvalue weighted by Gasteiger charge is -1.95. The van der Waals surface area contributed by atoms with E-state index in [1.165, 1.54) is 11.1 Å². The van der Waals surface area contributed by atoms with Gasteiger partial charge in [0.15, 0.2) is 0 Å². The van der Waals surface area contributed by atoms with Gasteiger partial charge in [0.1, 0.15) is 0 Å². The summed E-state index contributed by atoms with van der Waals surface area (Å²) in [6.45, 7) is 2.97. The van der Waals surface area contributed by atoms with Gasteiger partial charge in [-0.25, -0.2) is 0 Å². The normalized spacial score (nSPS) is 11.1. The van der Waals surface area contributed by atoms with Crippen LogP contribution in [0.3, 0.4) is 0 Å². The predicted octanol–water partition coefficient (Wildman–Crippen LogP) is 3.16. The summed E-state index contributed by atoms with van der Waals surface area (Å²) in [6.07, 6.45) is 9.31.